The Bertz CT molecular complexity index is 532. The van der Waals surface area contributed by atoms with Gasteiger partial charge in [0.05, 0.1) is 5.56 Å². The zero-order valence-electron chi connectivity index (χ0n) is 10.9. The predicted molar refractivity (Wildman–Crippen MR) is 70.6 cm³/mol. The maximum Gasteiger partial charge on any atom is 0.142 e. The summed E-state index contributed by atoms with van der Waals surface area (Å²) in [6.07, 6.45) is 3.48. The number of aromatic nitrogens is 2. The quantitative estimate of drug-likeness (QED) is 0.900. The van der Waals surface area contributed by atoms with Crippen molar-refractivity contribution in [3.8, 4) is 11.4 Å². The van der Waals surface area contributed by atoms with E-state index in [4.69, 9.17) is 0 Å². The van der Waals surface area contributed by atoms with E-state index in [0.717, 1.165) is 5.56 Å². The molecule has 0 bridgehead atoms. The standard InChI is InChI=1S/C14H18FN3/c1-10(2)17-9-11-4-5-12(13(15)8-11)14-16-6-7-18(14)3/h4-8,10,17H,9H2,1-3H3. The molecular weight excluding hydrogens is 229 g/mol. The lowest BCUT2D eigenvalue weighted by Gasteiger charge is -2.09. The molecule has 0 aliphatic carbocycles. The highest BCUT2D eigenvalue weighted by Crippen LogP contribution is 2.21. The Morgan fingerprint density at radius 3 is 2.72 bits per heavy atom. The predicted octanol–water partition coefficient (Wildman–Crippen LogP) is 2.72. The number of halogens is 1. The van der Waals surface area contributed by atoms with Gasteiger partial charge >= 0.3 is 0 Å². The molecule has 3 nitrogen and oxygen atoms in total. The number of nitrogens with zero attached hydrogens (tertiary/aromatic N) is 2. The van der Waals surface area contributed by atoms with Crippen molar-refractivity contribution in [2.75, 3.05) is 0 Å². The van der Waals surface area contributed by atoms with Crippen LogP contribution in [0.15, 0.2) is 30.6 Å². The zero-order chi connectivity index (χ0) is 13.1. The van der Waals surface area contributed by atoms with E-state index in [1.54, 1.807) is 18.3 Å². The summed E-state index contributed by atoms with van der Waals surface area (Å²) in [6.45, 7) is 4.81. The summed E-state index contributed by atoms with van der Waals surface area (Å²) < 4.78 is 15.8. The topological polar surface area (TPSA) is 29.9 Å². The van der Waals surface area contributed by atoms with Crippen molar-refractivity contribution in [3.05, 3.63) is 42.0 Å². The van der Waals surface area contributed by atoms with Gasteiger partial charge in [-0.25, -0.2) is 9.37 Å². The van der Waals surface area contributed by atoms with Crippen LogP contribution in [0.5, 0.6) is 0 Å². The van der Waals surface area contributed by atoms with Crippen LogP contribution in [0.2, 0.25) is 0 Å². The summed E-state index contributed by atoms with van der Waals surface area (Å²) in [4.78, 5) is 4.16. The molecule has 18 heavy (non-hydrogen) atoms. The van der Waals surface area contributed by atoms with Crippen molar-refractivity contribution in [3.63, 3.8) is 0 Å². The van der Waals surface area contributed by atoms with Gasteiger partial charge in [0.2, 0.25) is 0 Å². The SMILES string of the molecule is CC(C)NCc1ccc(-c2nccn2C)c(F)c1. The van der Waals surface area contributed by atoms with Crippen LogP contribution in [-0.2, 0) is 13.6 Å². The Morgan fingerprint density at radius 1 is 1.39 bits per heavy atom. The van der Waals surface area contributed by atoms with Crippen molar-refractivity contribution in [2.45, 2.75) is 26.4 Å². The Balaban J connectivity index is 2.23. The Kier molecular flexibility index (Phi) is 3.77. The first kappa shape index (κ1) is 12.8. The second-order valence-corrected chi connectivity index (χ2v) is 4.71. The van der Waals surface area contributed by atoms with Crippen LogP contribution in [0.4, 0.5) is 4.39 Å². The number of hydrogen-bond donors (Lipinski definition) is 1. The molecule has 0 aliphatic heterocycles. The van der Waals surface area contributed by atoms with Crippen molar-refractivity contribution < 1.29 is 4.39 Å². The molecule has 1 heterocycles. The summed E-state index contributed by atoms with van der Waals surface area (Å²) in [7, 11) is 1.86. The van der Waals surface area contributed by atoms with Crippen molar-refractivity contribution >= 4 is 0 Å². The summed E-state index contributed by atoms with van der Waals surface area (Å²) in [5, 5.41) is 3.27. The minimum atomic E-state index is -0.229. The van der Waals surface area contributed by atoms with E-state index >= 15 is 0 Å². The molecule has 0 atom stereocenters. The second kappa shape index (κ2) is 5.31. The van der Waals surface area contributed by atoms with Crippen molar-refractivity contribution in [1.82, 2.24) is 14.9 Å². The molecule has 1 aromatic carbocycles. The summed E-state index contributed by atoms with van der Waals surface area (Å²) >= 11 is 0. The molecule has 0 unspecified atom stereocenters. The molecule has 1 aromatic heterocycles. The van der Waals surface area contributed by atoms with Crippen LogP contribution >= 0.6 is 0 Å². The Morgan fingerprint density at radius 2 is 2.17 bits per heavy atom. The number of rotatable bonds is 4. The monoisotopic (exact) mass is 247 g/mol. The van der Waals surface area contributed by atoms with Crippen LogP contribution < -0.4 is 5.32 Å². The molecule has 0 aliphatic rings. The van der Waals surface area contributed by atoms with E-state index < -0.39 is 0 Å². The molecule has 2 aromatic rings. The van der Waals surface area contributed by atoms with Crippen LogP contribution in [0.25, 0.3) is 11.4 Å². The molecule has 0 fully saturated rings. The lowest BCUT2D eigenvalue weighted by Crippen LogP contribution is -2.21. The highest BCUT2D eigenvalue weighted by molar-refractivity contribution is 5.57. The average Bonchev–Trinajstić information content (AvgIpc) is 2.73. The third kappa shape index (κ3) is 2.76. The van der Waals surface area contributed by atoms with Crippen molar-refractivity contribution in [2.24, 2.45) is 7.05 Å². The highest BCUT2D eigenvalue weighted by atomic mass is 19.1. The number of hydrogen-bond acceptors (Lipinski definition) is 2. The van der Waals surface area contributed by atoms with Gasteiger partial charge in [0.25, 0.3) is 0 Å². The van der Waals surface area contributed by atoms with Gasteiger partial charge in [-0.3, -0.25) is 0 Å². The van der Waals surface area contributed by atoms with Gasteiger partial charge < -0.3 is 9.88 Å². The lowest BCUT2D eigenvalue weighted by atomic mass is 10.1. The van der Waals surface area contributed by atoms with Crippen LogP contribution in [0.3, 0.4) is 0 Å². The summed E-state index contributed by atoms with van der Waals surface area (Å²) in [5.41, 5.74) is 1.48. The fraction of sp³-hybridized carbons (Fsp3) is 0.357. The maximum atomic E-state index is 14.0. The summed E-state index contributed by atoms with van der Waals surface area (Å²) in [6, 6.07) is 5.68. The van der Waals surface area contributed by atoms with Crippen LogP contribution in [-0.4, -0.2) is 15.6 Å². The molecule has 4 heteroatoms. The minimum absolute atomic E-state index is 0.229. The summed E-state index contributed by atoms with van der Waals surface area (Å²) in [5.74, 6) is 0.420. The third-order valence-electron chi connectivity index (χ3n) is 2.81. The normalized spacial score (nSPS) is 11.2. The molecule has 0 amide bonds. The first-order valence-corrected chi connectivity index (χ1v) is 6.07. The first-order valence-electron chi connectivity index (χ1n) is 6.07. The van der Waals surface area contributed by atoms with Crippen LogP contribution in [0, 0.1) is 5.82 Å². The van der Waals surface area contributed by atoms with E-state index in [9.17, 15) is 4.39 Å². The maximum absolute atomic E-state index is 14.0. The van der Waals surface area contributed by atoms with E-state index in [2.05, 4.69) is 24.1 Å². The van der Waals surface area contributed by atoms with Gasteiger partial charge in [-0.1, -0.05) is 19.9 Å². The molecule has 96 valence electrons. The Labute approximate surface area is 107 Å². The Hall–Kier alpha value is -1.68. The van der Waals surface area contributed by atoms with Gasteiger partial charge in [0, 0.05) is 32.0 Å². The fourth-order valence-electron chi connectivity index (χ4n) is 1.80. The largest absolute Gasteiger partial charge is 0.334 e. The van der Waals surface area contributed by atoms with Gasteiger partial charge in [-0.15, -0.1) is 0 Å². The third-order valence-corrected chi connectivity index (χ3v) is 2.81. The van der Waals surface area contributed by atoms with E-state index in [-0.39, 0.29) is 5.82 Å². The molecular formula is C14H18FN3. The number of imidazole rings is 1. The first-order chi connectivity index (χ1) is 8.58. The fourth-order valence-corrected chi connectivity index (χ4v) is 1.80. The van der Waals surface area contributed by atoms with E-state index in [1.807, 2.05) is 23.9 Å². The van der Waals surface area contributed by atoms with Gasteiger partial charge in [0.1, 0.15) is 11.6 Å². The lowest BCUT2D eigenvalue weighted by molar-refractivity contribution is 0.582. The molecule has 2 rings (SSSR count). The smallest absolute Gasteiger partial charge is 0.142 e. The highest BCUT2D eigenvalue weighted by Gasteiger charge is 2.10. The van der Waals surface area contributed by atoms with E-state index in [1.165, 1.54) is 0 Å². The number of benzene rings is 1. The molecule has 0 saturated heterocycles. The molecule has 0 spiro atoms. The molecule has 0 radical (unpaired) electrons. The van der Waals surface area contributed by atoms with E-state index in [0.29, 0.717) is 24.0 Å². The van der Waals surface area contributed by atoms with Gasteiger partial charge in [0.15, 0.2) is 0 Å². The zero-order valence-corrected chi connectivity index (χ0v) is 10.9. The number of aryl methyl sites for hydroxylation is 1. The minimum Gasteiger partial charge on any atom is -0.334 e. The molecule has 0 saturated carbocycles. The molecule has 1 N–H and O–H groups in total. The van der Waals surface area contributed by atoms with Gasteiger partial charge in [-0.05, 0) is 17.7 Å². The van der Waals surface area contributed by atoms with Gasteiger partial charge in [-0.2, -0.15) is 0 Å². The average molecular weight is 247 g/mol. The second-order valence-electron chi connectivity index (χ2n) is 4.71. The number of nitrogens with one attached hydrogen (secondary N) is 1. The van der Waals surface area contributed by atoms with Crippen LogP contribution in [0.1, 0.15) is 19.4 Å². The van der Waals surface area contributed by atoms with Crippen molar-refractivity contribution in [1.29, 1.82) is 0 Å².